The fourth-order valence-electron chi connectivity index (χ4n) is 5.73. The van der Waals surface area contributed by atoms with E-state index in [1.165, 1.54) is 31.2 Å². The number of alkyl halides is 6. The molecule has 2 aromatic carbocycles. The van der Waals surface area contributed by atoms with Crippen LogP contribution in [0.15, 0.2) is 47.3 Å². The Morgan fingerprint density at radius 3 is 2.09 bits per heavy atom. The van der Waals surface area contributed by atoms with Crippen molar-refractivity contribution >= 4 is 0 Å². The maximum Gasteiger partial charge on any atom is 0.416 e. The van der Waals surface area contributed by atoms with Crippen LogP contribution in [0.3, 0.4) is 0 Å². The third-order valence-electron chi connectivity index (χ3n) is 8.13. The molecule has 3 aromatic rings. The number of halogens is 7. The Morgan fingerprint density at radius 2 is 1.51 bits per heavy atom. The van der Waals surface area contributed by atoms with Crippen LogP contribution in [-0.2, 0) is 34.9 Å². The van der Waals surface area contributed by atoms with Gasteiger partial charge in [-0.25, -0.2) is 9.18 Å². The summed E-state index contributed by atoms with van der Waals surface area (Å²) in [5.74, 6) is -0.514. The number of imidazole rings is 1. The molecule has 0 aliphatic carbocycles. The number of morpholine rings is 1. The minimum Gasteiger partial charge on any atom is -0.393 e. The number of aromatic amines is 2. The van der Waals surface area contributed by atoms with Gasteiger partial charge in [-0.2, -0.15) is 26.3 Å². The van der Waals surface area contributed by atoms with Crippen molar-refractivity contribution in [3.8, 4) is 0 Å². The molecule has 2 aliphatic rings. The van der Waals surface area contributed by atoms with E-state index in [-0.39, 0.29) is 30.9 Å². The van der Waals surface area contributed by atoms with Gasteiger partial charge in [0.2, 0.25) is 0 Å². The highest BCUT2D eigenvalue weighted by molar-refractivity contribution is 5.35. The van der Waals surface area contributed by atoms with E-state index < -0.39 is 53.4 Å². The Labute approximate surface area is 253 Å². The number of aliphatic hydroxyl groups excluding tert-OH is 1. The second-order valence-corrected chi connectivity index (χ2v) is 11.4. The van der Waals surface area contributed by atoms with Crippen molar-refractivity contribution in [2.45, 2.75) is 69.7 Å². The van der Waals surface area contributed by atoms with E-state index in [0.717, 1.165) is 0 Å². The summed E-state index contributed by atoms with van der Waals surface area (Å²) >= 11 is 0. The summed E-state index contributed by atoms with van der Waals surface area (Å²) in [6.07, 6.45) is -11.7. The summed E-state index contributed by atoms with van der Waals surface area (Å²) in [5, 5.41) is 9.84. The lowest BCUT2D eigenvalue weighted by molar-refractivity contribution is -0.231. The topological polar surface area (TPSA) is 93.8 Å². The molecule has 5 rings (SSSR count). The van der Waals surface area contributed by atoms with E-state index in [4.69, 9.17) is 9.47 Å². The van der Waals surface area contributed by atoms with Crippen LogP contribution >= 0.6 is 0 Å². The maximum absolute atomic E-state index is 13.9. The fraction of sp³-hybridized carbons (Fsp3) is 0.500. The molecule has 3 atom stereocenters. The van der Waals surface area contributed by atoms with Gasteiger partial charge in [-0.1, -0.05) is 12.1 Å². The van der Waals surface area contributed by atoms with E-state index in [2.05, 4.69) is 14.9 Å². The first-order valence-electron chi connectivity index (χ1n) is 14.4. The Balaban J connectivity index is 1.43. The van der Waals surface area contributed by atoms with Gasteiger partial charge in [-0.05, 0) is 61.2 Å². The Bertz CT molecular complexity index is 1470. The quantitative estimate of drug-likeness (QED) is 0.280. The van der Waals surface area contributed by atoms with E-state index >= 15 is 0 Å². The number of aromatic nitrogens is 2. The molecule has 246 valence electrons. The van der Waals surface area contributed by atoms with Crippen LogP contribution in [0.2, 0.25) is 0 Å². The first kappa shape index (κ1) is 33.1. The van der Waals surface area contributed by atoms with E-state index in [1.807, 2.05) is 4.90 Å². The average Bonchev–Trinajstić information content (AvgIpc) is 3.31. The number of nitrogens with zero attached hydrogens (tertiary/aromatic N) is 2. The highest BCUT2D eigenvalue weighted by atomic mass is 19.4. The molecule has 3 heterocycles. The summed E-state index contributed by atoms with van der Waals surface area (Å²) < 4.78 is 107. The third-order valence-corrected chi connectivity index (χ3v) is 8.13. The molecule has 0 radical (unpaired) electrons. The molecule has 0 bridgehead atoms. The molecular formula is C30H33F7N4O4. The van der Waals surface area contributed by atoms with Crippen LogP contribution in [0.4, 0.5) is 30.7 Å². The predicted octanol–water partition coefficient (Wildman–Crippen LogP) is 5.51. The van der Waals surface area contributed by atoms with Crippen LogP contribution in [-0.4, -0.2) is 63.5 Å². The zero-order valence-corrected chi connectivity index (χ0v) is 24.2. The number of H-pyrrole nitrogens is 2. The van der Waals surface area contributed by atoms with E-state index in [9.17, 15) is 40.6 Å². The SMILES string of the molecule is CC(OC1OCCN(Cc2[nH]c(=O)[nH]c2CN2CCC(O)CC2)C1c1ccc(F)cc1)c1cc(C(F)(F)F)cc(C(F)(F)F)c1. The van der Waals surface area contributed by atoms with Gasteiger partial charge >= 0.3 is 18.0 Å². The summed E-state index contributed by atoms with van der Waals surface area (Å²) in [6, 6.07) is 5.94. The Morgan fingerprint density at radius 1 is 0.933 bits per heavy atom. The lowest BCUT2D eigenvalue weighted by Crippen LogP contribution is -2.46. The number of aliphatic hydroxyl groups is 1. The average molecular weight is 647 g/mol. The molecular weight excluding hydrogens is 613 g/mol. The number of hydrogen-bond acceptors (Lipinski definition) is 6. The Hall–Kier alpha value is -3.24. The predicted molar refractivity (Wildman–Crippen MR) is 147 cm³/mol. The highest BCUT2D eigenvalue weighted by Gasteiger charge is 2.39. The molecule has 1 aromatic heterocycles. The van der Waals surface area contributed by atoms with Crippen LogP contribution < -0.4 is 5.69 Å². The molecule has 2 saturated heterocycles. The minimum absolute atomic E-state index is 0.0532. The standard InChI is InChI=1S/C30H33F7N4O4/c1-17(19-12-20(29(32,33)34)14-21(13-19)30(35,36)37)45-27-26(18-2-4-22(31)5-3-18)41(10-11-44-27)16-25-24(38-28(43)39-25)15-40-8-6-23(42)7-9-40/h2-5,12-14,17,23,26-27,42H,6-11,15-16H2,1H3,(H2,38,39,43). The first-order chi connectivity index (χ1) is 21.2. The Kier molecular flexibility index (Phi) is 9.75. The van der Waals surface area contributed by atoms with Gasteiger partial charge in [0.1, 0.15) is 5.82 Å². The molecule has 0 amide bonds. The monoisotopic (exact) mass is 646 g/mol. The summed E-state index contributed by atoms with van der Waals surface area (Å²) in [6.45, 7) is 3.62. The molecule has 0 saturated carbocycles. The molecule has 2 fully saturated rings. The van der Waals surface area contributed by atoms with Crippen molar-refractivity contribution in [3.63, 3.8) is 0 Å². The molecule has 15 heteroatoms. The lowest BCUT2D eigenvalue weighted by Gasteiger charge is -2.42. The zero-order valence-electron chi connectivity index (χ0n) is 24.2. The van der Waals surface area contributed by atoms with Gasteiger partial charge in [0.05, 0.1) is 47.4 Å². The van der Waals surface area contributed by atoms with E-state index in [0.29, 0.717) is 68.1 Å². The molecule has 8 nitrogen and oxygen atoms in total. The minimum atomic E-state index is -5.02. The fourth-order valence-corrected chi connectivity index (χ4v) is 5.73. The number of rotatable bonds is 8. The van der Waals surface area contributed by atoms with Gasteiger partial charge in [-0.15, -0.1) is 0 Å². The number of nitrogens with one attached hydrogen (secondary N) is 2. The van der Waals surface area contributed by atoms with E-state index in [1.54, 1.807) is 0 Å². The maximum atomic E-state index is 13.9. The molecule has 0 spiro atoms. The van der Waals surface area contributed by atoms with Crippen molar-refractivity contribution in [1.82, 2.24) is 19.8 Å². The van der Waals surface area contributed by atoms with Gasteiger partial charge in [-0.3, -0.25) is 9.80 Å². The smallest absolute Gasteiger partial charge is 0.393 e. The van der Waals surface area contributed by atoms with Crippen molar-refractivity contribution in [2.75, 3.05) is 26.2 Å². The van der Waals surface area contributed by atoms with Crippen molar-refractivity contribution in [3.05, 3.63) is 92.4 Å². The lowest BCUT2D eigenvalue weighted by atomic mass is 10.0. The number of piperidine rings is 1. The normalized spacial score (nSPS) is 21.7. The highest BCUT2D eigenvalue weighted by Crippen LogP contribution is 2.40. The van der Waals surface area contributed by atoms with Gasteiger partial charge in [0.25, 0.3) is 0 Å². The van der Waals surface area contributed by atoms with Crippen molar-refractivity contribution in [2.24, 2.45) is 0 Å². The second kappa shape index (κ2) is 13.2. The van der Waals surface area contributed by atoms with Crippen LogP contribution in [0.5, 0.6) is 0 Å². The van der Waals surface area contributed by atoms with Gasteiger partial charge in [0.15, 0.2) is 6.29 Å². The zero-order chi connectivity index (χ0) is 32.5. The molecule has 2 aliphatic heterocycles. The second-order valence-electron chi connectivity index (χ2n) is 11.4. The number of benzene rings is 2. The van der Waals surface area contributed by atoms with Crippen LogP contribution in [0.25, 0.3) is 0 Å². The summed E-state index contributed by atoms with van der Waals surface area (Å²) in [7, 11) is 0. The largest absolute Gasteiger partial charge is 0.416 e. The number of hydrogen-bond donors (Lipinski definition) is 3. The number of ether oxygens (including phenoxy) is 2. The molecule has 3 unspecified atom stereocenters. The van der Waals surface area contributed by atoms with Crippen LogP contribution in [0, 0.1) is 5.82 Å². The third kappa shape index (κ3) is 8.14. The molecule has 3 N–H and O–H groups in total. The van der Waals surface area contributed by atoms with Crippen LogP contribution in [0.1, 0.15) is 65.6 Å². The van der Waals surface area contributed by atoms with Crippen molar-refractivity contribution in [1.29, 1.82) is 0 Å². The van der Waals surface area contributed by atoms with Gasteiger partial charge in [0, 0.05) is 32.7 Å². The summed E-state index contributed by atoms with van der Waals surface area (Å²) in [4.78, 5) is 22.0. The molecule has 45 heavy (non-hydrogen) atoms. The number of likely N-dealkylation sites (tertiary alicyclic amines) is 1. The van der Waals surface area contributed by atoms with Gasteiger partial charge < -0.3 is 24.5 Å². The summed E-state index contributed by atoms with van der Waals surface area (Å²) in [5.41, 5.74) is -1.96. The van der Waals surface area contributed by atoms with Crippen molar-refractivity contribution < 1.29 is 45.3 Å². The first-order valence-corrected chi connectivity index (χ1v) is 14.4.